The Morgan fingerprint density at radius 3 is 2.89 bits per heavy atom. The first kappa shape index (κ1) is 13.8. The summed E-state index contributed by atoms with van der Waals surface area (Å²) in [7, 11) is 0. The molecule has 0 aromatic heterocycles. The average molecular weight is 266 g/mol. The third-order valence-electron chi connectivity index (χ3n) is 5.05. The SMILES string of the molecule is CCCC1CC(NCC2CCN(C3CC3)C2)CCO1. The molecule has 3 heteroatoms. The lowest BCUT2D eigenvalue weighted by atomic mass is 9.99. The highest BCUT2D eigenvalue weighted by molar-refractivity contribution is 4.90. The van der Waals surface area contributed by atoms with E-state index in [0.717, 1.165) is 18.6 Å². The van der Waals surface area contributed by atoms with E-state index in [1.807, 2.05) is 0 Å². The van der Waals surface area contributed by atoms with Gasteiger partial charge >= 0.3 is 0 Å². The number of likely N-dealkylation sites (tertiary alicyclic amines) is 1. The summed E-state index contributed by atoms with van der Waals surface area (Å²) in [6.07, 6.45) is 9.75. The van der Waals surface area contributed by atoms with Crippen molar-refractivity contribution >= 4 is 0 Å². The van der Waals surface area contributed by atoms with Crippen molar-refractivity contribution in [1.82, 2.24) is 10.2 Å². The molecule has 2 heterocycles. The highest BCUT2D eigenvalue weighted by Gasteiger charge is 2.34. The molecule has 0 aromatic rings. The van der Waals surface area contributed by atoms with Crippen LogP contribution in [0.1, 0.15) is 51.9 Å². The number of ether oxygens (including phenoxy) is 1. The van der Waals surface area contributed by atoms with E-state index in [2.05, 4.69) is 17.1 Å². The van der Waals surface area contributed by atoms with Crippen molar-refractivity contribution in [2.45, 2.75) is 70.1 Å². The number of nitrogens with zero attached hydrogens (tertiary/aromatic N) is 1. The minimum Gasteiger partial charge on any atom is -0.378 e. The largest absolute Gasteiger partial charge is 0.378 e. The maximum atomic E-state index is 5.83. The van der Waals surface area contributed by atoms with Gasteiger partial charge in [-0.1, -0.05) is 13.3 Å². The van der Waals surface area contributed by atoms with Crippen LogP contribution in [-0.2, 0) is 4.74 Å². The second kappa shape index (κ2) is 6.55. The number of hydrogen-bond acceptors (Lipinski definition) is 3. The fourth-order valence-corrected chi connectivity index (χ4v) is 3.72. The molecule has 1 aliphatic carbocycles. The van der Waals surface area contributed by atoms with Crippen molar-refractivity contribution in [3.05, 3.63) is 0 Å². The minimum atomic E-state index is 0.516. The third-order valence-corrected chi connectivity index (χ3v) is 5.05. The van der Waals surface area contributed by atoms with E-state index in [0.29, 0.717) is 12.1 Å². The first-order valence-corrected chi connectivity index (χ1v) is 8.44. The summed E-state index contributed by atoms with van der Waals surface area (Å²) in [6.45, 7) is 7.14. The minimum absolute atomic E-state index is 0.516. The summed E-state index contributed by atoms with van der Waals surface area (Å²) in [4.78, 5) is 2.72. The molecule has 0 amide bonds. The highest BCUT2D eigenvalue weighted by Crippen LogP contribution is 2.31. The van der Waals surface area contributed by atoms with Gasteiger partial charge in [0.25, 0.3) is 0 Å². The van der Waals surface area contributed by atoms with Gasteiger partial charge in [0.15, 0.2) is 0 Å². The van der Waals surface area contributed by atoms with Crippen LogP contribution in [0.15, 0.2) is 0 Å². The van der Waals surface area contributed by atoms with E-state index in [-0.39, 0.29) is 0 Å². The molecule has 3 rings (SSSR count). The first-order chi connectivity index (χ1) is 9.35. The van der Waals surface area contributed by atoms with Gasteiger partial charge in [0.2, 0.25) is 0 Å². The van der Waals surface area contributed by atoms with Gasteiger partial charge in [0.05, 0.1) is 6.10 Å². The molecule has 0 radical (unpaired) electrons. The van der Waals surface area contributed by atoms with Gasteiger partial charge in [-0.2, -0.15) is 0 Å². The topological polar surface area (TPSA) is 24.5 Å². The second-order valence-electron chi connectivity index (χ2n) is 6.79. The van der Waals surface area contributed by atoms with Crippen LogP contribution >= 0.6 is 0 Å². The van der Waals surface area contributed by atoms with Crippen molar-refractivity contribution in [2.24, 2.45) is 5.92 Å². The van der Waals surface area contributed by atoms with Crippen LogP contribution in [0.25, 0.3) is 0 Å². The molecule has 0 spiro atoms. The normalized spacial score (nSPS) is 36.8. The van der Waals surface area contributed by atoms with E-state index in [1.165, 1.54) is 64.6 Å². The van der Waals surface area contributed by atoms with E-state index >= 15 is 0 Å². The predicted molar refractivity (Wildman–Crippen MR) is 78.4 cm³/mol. The van der Waals surface area contributed by atoms with Crippen LogP contribution in [-0.4, -0.2) is 49.3 Å². The molecule has 2 saturated heterocycles. The number of hydrogen-bond donors (Lipinski definition) is 1. The summed E-state index contributed by atoms with van der Waals surface area (Å²) >= 11 is 0. The van der Waals surface area contributed by atoms with Crippen molar-refractivity contribution in [2.75, 3.05) is 26.2 Å². The lowest BCUT2D eigenvalue weighted by Crippen LogP contribution is -2.41. The average Bonchev–Trinajstić information content (AvgIpc) is 3.17. The first-order valence-electron chi connectivity index (χ1n) is 8.44. The zero-order chi connectivity index (χ0) is 13.1. The Labute approximate surface area is 118 Å². The monoisotopic (exact) mass is 266 g/mol. The van der Waals surface area contributed by atoms with Gasteiger partial charge in [-0.05, 0) is 57.5 Å². The smallest absolute Gasteiger partial charge is 0.0589 e. The van der Waals surface area contributed by atoms with Crippen LogP contribution in [0.2, 0.25) is 0 Å². The third kappa shape index (κ3) is 3.93. The van der Waals surface area contributed by atoms with Gasteiger partial charge in [0.1, 0.15) is 0 Å². The molecule has 1 N–H and O–H groups in total. The lowest BCUT2D eigenvalue weighted by molar-refractivity contribution is -0.00363. The fourth-order valence-electron chi connectivity index (χ4n) is 3.72. The lowest BCUT2D eigenvalue weighted by Gasteiger charge is -2.31. The van der Waals surface area contributed by atoms with Gasteiger partial charge in [-0.3, -0.25) is 0 Å². The highest BCUT2D eigenvalue weighted by atomic mass is 16.5. The van der Waals surface area contributed by atoms with E-state index in [4.69, 9.17) is 4.74 Å². The second-order valence-corrected chi connectivity index (χ2v) is 6.79. The Kier molecular flexibility index (Phi) is 4.78. The summed E-state index contributed by atoms with van der Waals surface area (Å²) in [5.74, 6) is 0.896. The molecule has 3 fully saturated rings. The Bertz CT molecular complexity index is 278. The van der Waals surface area contributed by atoms with Crippen molar-refractivity contribution in [3.8, 4) is 0 Å². The van der Waals surface area contributed by atoms with E-state index in [1.54, 1.807) is 0 Å². The maximum absolute atomic E-state index is 5.83. The van der Waals surface area contributed by atoms with Gasteiger partial charge < -0.3 is 15.0 Å². The molecule has 0 aromatic carbocycles. The summed E-state index contributed by atoms with van der Waals surface area (Å²) in [5.41, 5.74) is 0. The number of nitrogens with one attached hydrogen (secondary N) is 1. The molecule has 0 bridgehead atoms. The van der Waals surface area contributed by atoms with Crippen molar-refractivity contribution in [3.63, 3.8) is 0 Å². The molecular formula is C16H30N2O. The Balaban J connectivity index is 1.35. The zero-order valence-electron chi connectivity index (χ0n) is 12.4. The van der Waals surface area contributed by atoms with Crippen LogP contribution in [0.3, 0.4) is 0 Å². The Morgan fingerprint density at radius 2 is 2.11 bits per heavy atom. The molecule has 1 saturated carbocycles. The Morgan fingerprint density at radius 1 is 1.21 bits per heavy atom. The summed E-state index contributed by atoms with van der Waals surface area (Å²) in [5, 5.41) is 3.83. The zero-order valence-corrected chi connectivity index (χ0v) is 12.4. The van der Waals surface area contributed by atoms with E-state index in [9.17, 15) is 0 Å². The molecule has 3 nitrogen and oxygen atoms in total. The summed E-state index contributed by atoms with van der Waals surface area (Å²) in [6, 6.07) is 1.67. The predicted octanol–water partition coefficient (Wildman–Crippen LogP) is 2.41. The van der Waals surface area contributed by atoms with Gasteiger partial charge in [-0.25, -0.2) is 0 Å². The summed E-state index contributed by atoms with van der Waals surface area (Å²) < 4.78 is 5.83. The van der Waals surface area contributed by atoms with Crippen LogP contribution < -0.4 is 5.32 Å². The standard InChI is InChI=1S/C16H30N2O/c1-2-3-16-10-14(7-9-19-16)17-11-13-6-8-18(12-13)15-4-5-15/h13-17H,2-12H2,1H3. The number of rotatable bonds is 6. The van der Waals surface area contributed by atoms with Crippen LogP contribution in [0, 0.1) is 5.92 Å². The molecule has 3 aliphatic rings. The van der Waals surface area contributed by atoms with Crippen molar-refractivity contribution < 1.29 is 4.74 Å². The van der Waals surface area contributed by atoms with Crippen LogP contribution in [0.4, 0.5) is 0 Å². The molecule has 19 heavy (non-hydrogen) atoms. The Hall–Kier alpha value is -0.120. The van der Waals surface area contributed by atoms with Gasteiger partial charge in [-0.15, -0.1) is 0 Å². The molecule has 2 aliphatic heterocycles. The maximum Gasteiger partial charge on any atom is 0.0589 e. The van der Waals surface area contributed by atoms with Crippen molar-refractivity contribution in [1.29, 1.82) is 0 Å². The fraction of sp³-hybridized carbons (Fsp3) is 1.00. The van der Waals surface area contributed by atoms with E-state index < -0.39 is 0 Å². The quantitative estimate of drug-likeness (QED) is 0.799. The molecular weight excluding hydrogens is 236 g/mol. The van der Waals surface area contributed by atoms with Crippen LogP contribution in [0.5, 0.6) is 0 Å². The molecule has 110 valence electrons. The van der Waals surface area contributed by atoms with Gasteiger partial charge in [0, 0.05) is 25.2 Å². The molecule has 3 unspecified atom stereocenters. The molecule has 3 atom stereocenters.